The van der Waals surface area contributed by atoms with Gasteiger partial charge in [0.25, 0.3) is 5.56 Å². The molecule has 13 nitrogen and oxygen atoms in total. The van der Waals surface area contributed by atoms with Crippen molar-refractivity contribution in [3.05, 3.63) is 51.7 Å². The van der Waals surface area contributed by atoms with E-state index in [1.54, 1.807) is 12.2 Å². The number of cyclic esters (lactones) is 1. The molecule has 4 fully saturated rings. The molecule has 1 amide bonds. The number of nitrogens with two attached hydrogens (primary N) is 1. The molecule has 0 bridgehead atoms. The molecule has 8 atom stereocenters. The number of morpholine rings is 1. The first-order valence-corrected chi connectivity index (χ1v) is 15.7. The molecule has 2 aliphatic carbocycles. The predicted octanol–water partition coefficient (Wildman–Crippen LogP) is 0.503. The van der Waals surface area contributed by atoms with E-state index in [1.165, 1.54) is 12.3 Å². The van der Waals surface area contributed by atoms with Crippen LogP contribution in [-0.4, -0.2) is 100 Å². The smallest absolute Gasteiger partial charge is 0.343 e. The van der Waals surface area contributed by atoms with Crippen molar-refractivity contribution in [2.24, 2.45) is 22.7 Å². The van der Waals surface area contributed by atoms with Crippen molar-refractivity contribution < 1.29 is 34.0 Å². The minimum atomic E-state index is -0.769. The van der Waals surface area contributed by atoms with Crippen LogP contribution < -0.4 is 16.6 Å². The maximum Gasteiger partial charge on any atom is 0.343 e. The summed E-state index contributed by atoms with van der Waals surface area (Å²) in [4.78, 5) is 46.6. The first-order valence-electron chi connectivity index (χ1n) is 15.7. The highest BCUT2D eigenvalue weighted by atomic mass is 16.6. The van der Waals surface area contributed by atoms with E-state index in [1.807, 2.05) is 24.8 Å². The number of esters is 1. The molecule has 2 saturated heterocycles. The molecule has 6 N–H and O–H groups in total. The summed E-state index contributed by atoms with van der Waals surface area (Å²) in [6.07, 6.45) is 9.18. The van der Waals surface area contributed by atoms with Crippen LogP contribution in [-0.2, 0) is 23.8 Å². The van der Waals surface area contributed by atoms with Crippen LogP contribution in [0.25, 0.3) is 6.08 Å². The summed E-state index contributed by atoms with van der Waals surface area (Å²) >= 11 is 0. The fourth-order valence-corrected chi connectivity index (χ4v) is 8.23. The second-order valence-electron chi connectivity index (χ2n) is 13.6. The summed E-state index contributed by atoms with van der Waals surface area (Å²) < 4.78 is 17.2. The Morgan fingerprint density at radius 3 is 2.71 bits per heavy atom. The maximum atomic E-state index is 13.4. The van der Waals surface area contributed by atoms with Crippen molar-refractivity contribution in [3.63, 3.8) is 0 Å². The number of fused-ring (bicyclic) bond motifs is 1. The average molecular weight is 626 g/mol. The molecule has 4 heterocycles. The number of carbonyl (C=O) groups is 2. The molecule has 3 aliphatic heterocycles. The Hall–Kier alpha value is -3.36. The van der Waals surface area contributed by atoms with Gasteiger partial charge >= 0.3 is 5.97 Å². The van der Waals surface area contributed by atoms with Crippen LogP contribution in [0.3, 0.4) is 0 Å². The summed E-state index contributed by atoms with van der Waals surface area (Å²) in [5.74, 6) is -0.700. The SMILES string of the molecule is CC(NC1CC2[C@](C)(CC[C@@H](O)[C@@]2(C)CO)C(/C=C/C2=CC(=C\c3cnc(N)[nH]c3=O)/OC2=O)C12CO2)C(=O)N1CCOCC1. The molecular weight excluding hydrogens is 582 g/mol. The Morgan fingerprint density at radius 2 is 2.04 bits per heavy atom. The number of rotatable bonds is 7. The average Bonchev–Trinajstić information content (AvgIpc) is 3.73. The molecule has 1 aromatic rings. The third-order valence-electron chi connectivity index (χ3n) is 10.9. The number of amides is 1. The summed E-state index contributed by atoms with van der Waals surface area (Å²) in [7, 11) is 0. The zero-order valence-corrected chi connectivity index (χ0v) is 26.0. The van der Waals surface area contributed by atoms with E-state index in [9.17, 15) is 24.6 Å². The van der Waals surface area contributed by atoms with Gasteiger partial charge in [0.2, 0.25) is 5.91 Å². The summed E-state index contributed by atoms with van der Waals surface area (Å²) in [6.45, 7) is 8.39. The van der Waals surface area contributed by atoms with Crippen LogP contribution in [0.5, 0.6) is 0 Å². The number of aromatic nitrogens is 2. The third-order valence-corrected chi connectivity index (χ3v) is 10.9. The monoisotopic (exact) mass is 625 g/mol. The first-order chi connectivity index (χ1) is 21.4. The fourth-order valence-electron chi connectivity index (χ4n) is 8.23. The van der Waals surface area contributed by atoms with Gasteiger partial charge in [-0.05, 0) is 49.7 Å². The zero-order valence-electron chi connectivity index (χ0n) is 26.0. The number of carbonyl (C=O) groups excluding carboxylic acids is 2. The number of nitrogen functional groups attached to an aromatic ring is 1. The van der Waals surface area contributed by atoms with E-state index in [0.717, 1.165) is 0 Å². The van der Waals surface area contributed by atoms with E-state index in [2.05, 4.69) is 22.2 Å². The minimum absolute atomic E-state index is 0.00330. The number of hydrogen-bond donors (Lipinski definition) is 5. The van der Waals surface area contributed by atoms with Gasteiger partial charge in [-0.25, -0.2) is 9.78 Å². The molecule has 2 saturated carbocycles. The van der Waals surface area contributed by atoms with Crippen molar-refractivity contribution in [2.45, 2.75) is 63.8 Å². The Labute approximate surface area is 261 Å². The number of aliphatic hydroxyl groups excluding tert-OH is 2. The van der Waals surface area contributed by atoms with Gasteiger partial charge < -0.3 is 40.4 Å². The Balaban J connectivity index is 1.32. The van der Waals surface area contributed by atoms with Crippen LogP contribution >= 0.6 is 0 Å². The Bertz CT molecular complexity index is 1490. The van der Waals surface area contributed by atoms with Crippen molar-refractivity contribution in [2.75, 3.05) is 45.3 Å². The second-order valence-corrected chi connectivity index (χ2v) is 13.6. The number of nitrogens with zero attached hydrogens (tertiary/aromatic N) is 2. The van der Waals surface area contributed by atoms with E-state index in [-0.39, 0.29) is 53.1 Å². The summed E-state index contributed by atoms with van der Waals surface area (Å²) in [5, 5.41) is 25.4. The Kier molecular flexibility index (Phi) is 8.27. The highest BCUT2D eigenvalue weighted by molar-refractivity contribution is 5.96. The molecule has 244 valence electrons. The number of hydrogen-bond acceptors (Lipinski definition) is 11. The van der Waals surface area contributed by atoms with E-state index < -0.39 is 34.7 Å². The normalized spacial score (nSPS) is 37.9. The number of ether oxygens (including phenoxy) is 3. The number of aliphatic hydroxyl groups is 2. The van der Waals surface area contributed by atoms with Gasteiger partial charge in [0.1, 0.15) is 11.4 Å². The topological polar surface area (TPSA) is 193 Å². The van der Waals surface area contributed by atoms with Crippen LogP contribution in [0.4, 0.5) is 5.95 Å². The van der Waals surface area contributed by atoms with Gasteiger partial charge in [-0.15, -0.1) is 0 Å². The van der Waals surface area contributed by atoms with Crippen LogP contribution in [0.2, 0.25) is 0 Å². The fraction of sp³-hybridized carbons (Fsp3) is 0.625. The lowest BCUT2D eigenvalue weighted by Gasteiger charge is -2.62. The number of anilines is 1. The summed E-state index contributed by atoms with van der Waals surface area (Å²) in [6, 6.07) is -0.727. The van der Waals surface area contributed by atoms with Gasteiger partial charge in [-0.2, -0.15) is 0 Å². The summed E-state index contributed by atoms with van der Waals surface area (Å²) in [5.41, 5.74) is 3.79. The second kappa shape index (κ2) is 11.8. The highest BCUT2D eigenvalue weighted by Crippen LogP contribution is 2.65. The van der Waals surface area contributed by atoms with Crippen molar-refractivity contribution in [1.29, 1.82) is 0 Å². The predicted molar refractivity (Wildman–Crippen MR) is 163 cm³/mol. The number of nitrogens with one attached hydrogen (secondary N) is 2. The molecular formula is C32H43N5O8. The van der Waals surface area contributed by atoms with Gasteiger partial charge in [-0.1, -0.05) is 26.0 Å². The zero-order chi connectivity index (χ0) is 32.1. The molecule has 1 spiro atoms. The number of aromatic amines is 1. The van der Waals surface area contributed by atoms with Crippen LogP contribution in [0, 0.1) is 22.7 Å². The largest absolute Gasteiger partial charge is 0.423 e. The molecule has 5 aliphatic rings. The number of epoxide rings is 1. The molecule has 13 heteroatoms. The van der Waals surface area contributed by atoms with E-state index >= 15 is 0 Å². The van der Waals surface area contributed by atoms with Crippen molar-refractivity contribution in [1.82, 2.24) is 20.2 Å². The third kappa shape index (κ3) is 5.54. The molecule has 45 heavy (non-hydrogen) atoms. The molecule has 1 aromatic heterocycles. The molecule has 5 unspecified atom stereocenters. The van der Waals surface area contributed by atoms with Crippen LogP contribution in [0.15, 0.2) is 40.6 Å². The first kappa shape index (κ1) is 31.6. The molecule has 6 rings (SSSR count). The lowest BCUT2D eigenvalue weighted by molar-refractivity contribution is -0.174. The number of allylic oxidation sites excluding steroid dienone is 1. The van der Waals surface area contributed by atoms with Crippen molar-refractivity contribution >= 4 is 23.9 Å². The standard InChI is InChI=1S/C32H43N5O8/c1-18(27(41)37-8-10-43-11-9-37)35-24-14-23-30(2,7-6-25(39)31(23,3)16-38)22(32(24)17-44-32)5-4-19-12-21(45-28(19)42)13-20-15-34-29(33)36-26(20)40/h4-5,12-13,15,18,22-25,35,38-39H,6-11,14,16-17H2,1-3H3,(H3,33,34,36,40)/b5-4+,21-13+/t18?,22?,23?,24?,25-,30-,31+,32?/m1/s1. The van der Waals surface area contributed by atoms with Gasteiger partial charge in [-0.3, -0.25) is 14.6 Å². The van der Waals surface area contributed by atoms with Crippen LogP contribution in [0.1, 0.15) is 45.6 Å². The van der Waals surface area contributed by atoms with Gasteiger partial charge in [0.15, 0.2) is 5.95 Å². The lowest BCUT2D eigenvalue weighted by Crippen LogP contribution is -2.67. The quantitative estimate of drug-likeness (QED) is 0.209. The van der Waals surface area contributed by atoms with E-state index in [4.69, 9.17) is 19.9 Å². The van der Waals surface area contributed by atoms with Gasteiger partial charge in [0, 0.05) is 36.7 Å². The minimum Gasteiger partial charge on any atom is -0.423 e. The lowest BCUT2D eigenvalue weighted by atomic mass is 9.44. The van der Waals surface area contributed by atoms with E-state index in [0.29, 0.717) is 57.7 Å². The number of H-pyrrole nitrogens is 1. The Morgan fingerprint density at radius 1 is 1.31 bits per heavy atom. The maximum absolute atomic E-state index is 13.4. The van der Waals surface area contributed by atoms with Gasteiger partial charge in [0.05, 0.1) is 49.7 Å². The highest BCUT2D eigenvalue weighted by Gasteiger charge is 2.70. The molecule has 0 radical (unpaired) electrons. The molecule has 0 aromatic carbocycles. The van der Waals surface area contributed by atoms with Crippen molar-refractivity contribution in [3.8, 4) is 0 Å².